The van der Waals surface area contributed by atoms with E-state index in [0.29, 0.717) is 16.9 Å². The fourth-order valence-corrected chi connectivity index (χ4v) is 1.83. The van der Waals surface area contributed by atoms with Crippen LogP contribution in [0, 0.1) is 0 Å². The van der Waals surface area contributed by atoms with Crippen LogP contribution < -0.4 is 4.74 Å². The third-order valence-electron chi connectivity index (χ3n) is 3.67. The molecule has 1 aromatic carbocycles. The Bertz CT molecular complexity index is 543. The second-order valence-electron chi connectivity index (χ2n) is 5.78. The Hall–Kier alpha value is -2.04. The molecule has 20 heavy (non-hydrogen) atoms. The van der Waals surface area contributed by atoms with E-state index in [4.69, 9.17) is 4.74 Å². The van der Waals surface area contributed by atoms with Crippen molar-refractivity contribution in [1.29, 1.82) is 0 Å². The van der Waals surface area contributed by atoms with Crippen LogP contribution in [0.3, 0.4) is 0 Å². The van der Waals surface area contributed by atoms with Gasteiger partial charge in [0.15, 0.2) is 0 Å². The lowest BCUT2D eigenvalue weighted by Gasteiger charge is -2.25. The van der Waals surface area contributed by atoms with Gasteiger partial charge in [0.1, 0.15) is 5.75 Å². The highest BCUT2D eigenvalue weighted by atomic mass is 16.5. The smallest absolute Gasteiger partial charge is 0.313 e. The highest BCUT2D eigenvalue weighted by Gasteiger charge is 2.35. The molecule has 0 heterocycles. The summed E-state index contributed by atoms with van der Waals surface area (Å²) in [6.07, 6.45) is 0. The van der Waals surface area contributed by atoms with Crippen molar-refractivity contribution in [2.75, 3.05) is 7.11 Å². The van der Waals surface area contributed by atoms with Gasteiger partial charge in [-0.3, -0.25) is 9.59 Å². The van der Waals surface area contributed by atoms with Gasteiger partial charge in [0.25, 0.3) is 0 Å². The van der Waals surface area contributed by atoms with Gasteiger partial charge < -0.3 is 14.9 Å². The van der Waals surface area contributed by atoms with Crippen molar-refractivity contribution in [1.82, 2.24) is 0 Å². The minimum absolute atomic E-state index is 0.379. The summed E-state index contributed by atoms with van der Waals surface area (Å²) in [6.45, 7) is 6.34. The summed E-state index contributed by atoms with van der Waals surface area (Å²) in [5.41, 5.74) is -1.11. The Morgan fingerprint density at radius 3 is 1.90 bits per heavy atom. The van der Waals surface area contributed by atoms with Gasteiger partial charge in [-0.25, -0.2) is 0 Å². The van der Waals surface area contributed by atoms with E-state index in [9.17, 15) is 19.8 Å². The number of carboxylic acid groups (broad SMARTS) is 2. The van der Waals surface area contributed by atoms with Crippen molar-refractivity contribution in [3.05, 3.63) is 29.3 Å². The molecule has 0 spiro atoms. The number of rotatable bonds is 5. The molecule has 0 atom stereocenters. The molecule has 0 amide bonds. The molecule has 0 aliphatic rings. The van der Waals surface area contributed by atoms with Gasteiger partial charge in [0.05, 0.1) is 17.9 Å². The molecule has 5 heteroatoms. The van der Waals surface area contributed by atoms with Crippen LogP contribution in [-0.2, 0) is 20.4 Å². The minimum atomic E-state index is -1.11. The number of carboxylic acids is 2. The van der Waals surface area contributed by atoms with Crippen molar-refractivity contribution in [3.63, 3.8) is 0 Å². The molecule has 0 aliphatic carbocycles. The van der Waals surface area contributed by atoms with Crippen LogP contribution in [0.4, 0.5) is 0 Å². The van der Waals surface area contributed by atoms with Crippen molar-refractivity contribution in [2.24, 2.45) is 0 Å². The standard InChI is InChI=1S/C15H20O5/c1-14(2,12(16)17)9-6-7-10(11(8-9)20-5)15(3,4)13(18)19/h6-8H,1-5H3,(H,16,17)(H,18,19). The molecule has 2 N–H and O–H groups in total. The van der Waals surface area contributed by atoms with Gasteiger partial charge in [-0.15, -0.1) is 0 Å². The first kappa shape index (κ1) is 16.0. The van der Waals surface area contributed by atoms with Crippen molar-refractivity contribution < 1.29 is 24.5 Å². The van der Waals surface area contributed by atoms with E-state index in [1.165, 1.54) is 7.11 Å². The molecule has 110 valence electrons. The van der Waals surface area contributed by atoms with E-state index in [1.54, 1.807) is 45.9 Å². The lowest BCUT2D eigenvalue weighted by Crippen LogP contribution is -2.31. The van der Waals surface area contributed by atoms with Crippen LogP contribution in [0.25, 0.3) is 0 Å². The summed E-state index contributed by atoms with van der Waals surface area (Å²) in [7, 11) is 1.44. The van der Waals surface area contributed by atoms with E-state index >= 15 is 0 Å². The maximum Gasteiger partial charge on any atom is 0.313 e. The third kappa shape index (κ3) is 2.61. The largest absolute Gasteiger partial charge is 0.496 e. The topological polar surface area (TPSA) is 83.8 Å². The average molecular weight is 280 g/mol. The number of aliphatic carboxylic acids is 2. The predicted octanol–water partition coefficient (Wildman–Crippen LogP) is 2.42. The fourth-order valence-electron chi connectivity index (χ4n) is 1.83. The molecule has 0 saturated heterocycles. The number of hydrogen-bond donors (Lipinski definition) is 2. The molecule has 0 bridgehead atoms. The Kier molecular flexibility index (Phi) is 4.12. The van der Waals surface area contributed by atoms with E-state index in [1.807, 2.05) is 0 Å². The number of benzene rings is 1. The fraction of sp³-hybridized carbons (Fsp3) is 0.467. The molecule has 0 saturated carbocycles. The third-order valence-corrected chi connectivity index (χ3v) is 3.67. The molecule has 1 rings (SSSR count). The number of methoxy groups -OCH3 is 1. The predicted molar refractivity (Wildman–Crippen MR) is 74.3 cm³/mol. The highest BCUT2D eigenvalue weighted by Crippen LogP contribution is 2.35. The van der Waals surface area contributed by atoms with Gasteiger partial charge in [0.2, 0.25) is 0 Å². The molecule has 0 fully saturated rings. The lowest BCUT2D eigenvalue weighted by atomic mass is 9.79. The highest BCUT2D eigenvalue weighted by molar-refractivity contribution is 5.83. The van der Waals surface area contributed by atoms with Gasteiger partial charge in [0, 0.05) is 5.56 Å². The Morgan fingerprint density at radius 2 is 1.50 bits per heavy atom. The molecule has 0 aromatic heterocycles. The normalized spacial score (nSPS) is 12.1. The molecular weight excluding hydrogens is 260 g/mol. The minimum Gasteiger partial charge on any atom is -0.496 e. The molecule has 0 aliphatic heterocycles. The zero-order valence-electron chi connectivity index (χ0n) is 12.4. The van der Waals surface area contributed by atoms with E-state index in [2.05, 4.69) is 0 Å². The van der Waals surface area contributed by atoms with Gasteiger partial charge in [-0.1, -0.05) is 12.1 Å². The van der Waals surface area contributed by atoms with Crippen LogP contribution in [0.15, 0.2) is 18.2 Å². The second-order valence-corrected chi connectivity index (χ2v) is 5.78. The molecule has 0 radical (unpaired) electrons. The monoisotopic (exact) mass is 280 g/mol. The summed E-state index contributed by atoms with van der Waals surface area (Å²) < 4.78 is 5.24. The zero-order valence-corrected chi connectivity index (χ0v) is 12.4. The van der Waals surface area contributed by atoms with Gasteiger partial charge in [-0.2, -0.15) is 0 Å². The maximum absolute atomic E-state index is 11.3. The van der Waals surface area contributed by atoms with Crippen molar-refractivity contribution >= 4 is 11.9 Å². The number of hydrogen-bond acceptors (Lipinski definition) is 3. The van der Waals surface area contributed by atoms with Crippen LogP contribution in [0.5, 0.6) is 5.75 Å². The first-order chi connectivity index (χ1) is 9.05. The summed E-state index contributed by atoms with van der Waals surface area (Å²) in [5.74, 6) is -1.55. The molecular formula is C15H20O5. The van der Waals surface area contributed by atoms with Crippen LogP contribution >= 0.6 is 0 Å². The van der Waals surface area contributed by atoms with Crippen molar-refractivity contribution in [3.8, 4) is 5.75 Å². The van der Waals surface area contributed by atoms with E-state index in [-0.39, 0.29) is 0 Å². The summed E-state index contributed by atoms with van der Waals surface area (Å²) >= 11 is 0. The Labute approximate surface area is 118 Å². The average Bonchev–Trinajstić information content (AvgIpc) is 2.37. The van der Waals surface area contributed by atoms with Gasteiger partial charge >= 0.3 is 11.9 Å². The Balaban J connectivity index is 3.43. The molecule has 0 unspecified atom stereocenters. The zero-order chi connectivity index (χ0) is 15.7. The first-order valence-electron chi connectivity index (χ1n) is 6.21. The molecule has 1 aromatic rings. The van der Waals surface area contributed by atoms with Crippen molar-refractivity contribution in [2.45, 2.75) is 38.5 Å². The summed E-state index contributed by atoms with van der Waals surface area (Å²) in [6, 6.07) is 4.85. The van der Waals surface area contributed by atoms with Crippen LogP contribution in [0.2, 0.25) is 0 Å². The van der Waals surface area contributed by atoms with E-state index < -0.39 is 22.8 Å². The van der Waals surface area contributed by atoms with Gasteiger partial charge in [-0.05, 0) is 39.3 Å². The summed E-state index contributed by atoms with van der Waals surface area (Å²) in [4.78, 5) is 22.6. The maximum atomic E-state index is 11.3. The SMILES string of the molecule is COc1cc(C(C)(C)C(=O)O)ccc1C(C)(C)C(=O)O. The number of ether oxygens (including phenoxy) is 1. The lowest BCUT2D eigenvalue weighted by molar-refractivity contribution is -0.143. The second kappa shape index (κ2) is 5.15. The molecule has 5 nitrogen and oxygen atoms in total. The van der Waals surface area contributed by atoms with E-state index in [0.717, 1.165) is 0 Å². The van der Waals surface area contributed by atoms with Crippen LogP contribution in [-0.4, -0.2) is 29.3 Å². The first-order valence-corrected chi connectivity index (χ1v) is 6.21. The summed E-state index contributed by atoms with van der Waals surface area (Å²) in [5, 5.41) is 18.5. The Morgan fingerprint density at radius 1 is 1.00 bits per heavy atom. The number of carbonyl (C=O) groups is 2. The quantitative estimate of drug-likeness (QED) is 0.865. The van der Waals surface area contributed by atoms with Crippen LogP contribution in [0.1, 0.15) is 38.8 Å².